The molecule has 4 aliphatic carbocycles. The fourth-order valence-corrected chi connectivity index (χ4v) is 9.92. The zero-order valence-electron chi connectivity index (χ0n) is 20.5. The van der Waals surface area contributed by atoms with Crippen LogP contribution in [0.5, 0.6) is 0 Å². The third-order valence-corrected chi connectivity index (χ3v) is 11.8. The van der Waals surface area contributed by atoms with Crippen molar-refractivity contribution in [2.45, 2.75) is 116 Å². The molecule has 0 unspecified atom stereocenters. The van der Waals surface area contributed by atoms with E-state index in [4.69, 9.17) is 9.47 Å². The van der Waals surface area contributed by atoms with Gasteiger partial charge < -0.3 is 19.7 Å². The number of carbonyl (C=O) groups is 1. The number of fused-ring (bicyclic) bond motifs is 7. The molecule has 32 heavy (non-hydrogen) atoms. The standard InChI is InChI=1S/C27H42O5/c1-14-12-27(32-24(14,2)3)23(30)22-20(31-27)11-18-17-7-6-15-10-16(28)8-9-25(15,4)21(17)19(29)13-26(18,22)5/h14-22,28-29H,6-13H2,1-5H3/t14-,15-,16+,17-,18-,19-,20-,21+,22+,25-,26-,27-/m0/s1. The lowest BCUT2D eigenvalue weighted by atomic mass is 9.43. The number of ketones is 1. The first-order valence-corrected chi connectivity index (χ1v) is 13.2. The molecule has 0 aromatic heterocycles. The highest BCUT2D eigenvalue weighted by Crippen LogP contribution is 2.70. The summed E-state index contributed by atoms with van der Waals surface area (Å²) in [6.07, 6.45) is 6.60. The molecule has 6 fully saturated rings. The van der Waals surface area contributed by atoms with E-state index in [2.05, 4.69) is 34.6 Å². The summed E-state index contributed by atoms with van der Waals surface area (Å²) in [5.41, 5.74) is -0.479. The van der Waals surface area contributed by atoms with Crippen molar-refractivity contribution < 1.29 is 24.5 Å². The van der Waals surface area contributed by atoms with Gasteiger partial charge in [0.1, 0.15) is 0 Å². The summed E-state index contributed by atoms with van der Waals surface area (Å²) >= 11 is 0. The summed E-state index contributed by atoms with van der Waals surface area (Å²) in [7, 11) is 0. The third kappa shape index (κ3) is 2.63. The number of aliphatic hydroxyl groups is 2. The molecule has 5 heteroatoms. The van der Waals surface area contributed by atoms with Crippen LogP contribution >= 0.6 is 0 Å². The maximum absolute atomic E-state index is 13.9. The van der Waals surface area contributed by atoms with Gasteiger partial charge in [0.25, 0.3) is 0 Å². The van der Waals surface area contributed by atoms with E-state index in [1.807, 2.05) is 0 Å². The molecule has 6 aliphatic rings. The Morgan fingerprint density at radius 2 is 1.72 bits per heavy atom. The van der Waals surface area contributed by atoms with Crippen LogP contribution in [0, 0.1) is 46.3 Å². The van der Waals surface area contributed by atoms with Crippen LogP contribution < -0.4 is 0 Å². The average Bonchev–Trinajstić information content (AvgIpc) is 3.21. The summed E-state index contributed by atoms with van der Waals surface area (Å²) in [6, 6.07) is 0. The molecule has 4 saturated carbocycles. The van der Waals surface area contributed by atoms with Gasteiger partial charge in [-0.25, -0.2) is 0 Å². The largest absolute Gasteiger partial charge is 0.393 e. The SMILES string of the molecule is C[C@H]1C[C@]2(O[C@H]3C[C@H]4[C@@H]5CC[C@H]6C[C@H](O)CC[C@]6(C)[C@H]5[C@@H](O)C[C@]4(C)[C@H]3C2=O)OC1(C)C. The smallest absolute Gasteiger partial charge is 0.230 e. The predicted octanol–water partition coefficient (Wildman–Crippen LogP) is 4.09. The van der Waals surface area contributed by atoms with Gasteiger partial charge in [-0.3, -0.25) is 4.79 Å². The van der Waals surface area contributed by atoms with E-state index in [9.17, 15) is 15.0 Å². The zero-order chi connectivity index (χ0) is 22.8. The van der Waals surface area contributed by atoms with Crippen molar-refractivity contribution in [2.24, 2.45) is 46.3 Å². The van der Waals surface area contributed by atoms with Crippen molar-refractivity contribution in [3.05, 3.63) is 0 Å². The second kappa shape index (κ2) is 6.59. The van der Waals surface area contributed by atoms with Crippen LogP contribution in [0.4, 0.5) is 0 Å². The van der Waals surface area contributed by atoms with Crippen LogP contribution in [0.1, 0.15) is 86.0 Å². The van der Waals surface area contributed by atoms with Gasteiger partial charge in [-0.05, 0) is 99.2 Å². The van der Waals surface area contributed by atoms with Gasteiger partial charge in [0.2, 0.25) is 5.79 Å². The minimum absolute atomic E-state index is 0.0803. The van der Waals surface area contributed by atoms with E-state index in [0.29, 0.717) is 30.6 Å². The number of rotatable bonds is 0. The van der Waals surface area contributed by atoms with Gasteiger partial charge in [0, 0.05) is 6.42 Å². The monoisotopic (exact) mass is 446 g/mol. The first-order valence-electron chi connectivity index (χ1n) is 13.2. The molecule has 180 valence electrons. The lowest BCUT2D eigenvalue weighted by Gasteiger charge is -2.62. The third-order valence-electron chi connectivity index (χ3n) is 11.8. The minimum atomic E-state index is -1.07. The fourth-order valence-electron chi connectivity index (χ4n) is 9.92. The highest BCUT2D eigenvalue weighted by molar-refractivity contribution is 5.92. The summed E-state index contributed by atoms with van der Waals surface area (Å²) in [5.74, 6) is 0.825. The van der Waals surface area contributed by atoms with Crippen LogP contribution in [-0.2, 0) is 14.3 Å². The van der Waals surface area contributed by atoms with E-state index < -0.39 is 5.79 Å². The quantitative estimate of drug-likeness (QED) is 0.586. The number of Topliss-reactive ketones (excluding diaryl/α,β-unsaturated/α-hetero) is 1. The zero-order valence-corrected chi connectivity index (χ0v) is 20.5. The first-order chi connectivity index (χ1) is 14.9. The molecular weight excluding hydrogens is 404 g/mol. The summed E-state index contributed by atoms with van der Waals surface area (Å²) in [4.78, 5) is 13.9. The molecule has 5 nitrogen and oxygen atoms in total. The molecule has 6 rings (SSSR count). The Morgan fingerprint density at radius 1 is 0.969 bits per heavy atom. The van der Waals surface area contributed by atoms with Gasteiger partial charge >= 0.3 is 0 Å². The lowest BCUT2D eigenvalue weighted by Crippen LogP contribution is -2.59. The number of aliphatic hydroxyl groups excluding tert-OH is 2. The fraction of sp³-hybridized carbons (Fsp3) is 0.963. The number of ether oxygens (including phenoxy) is 2. The summed E-state index contributed by atoms with van der Waals surface area (Å²) < 4.78 is 12.9. The molecule has 2 aliphatic heterocycles. The second-order valence-corrected chi connectivity index (χ2v) is 13.6. The number of carbonyl (C=O) groups excluding carboxylic acids is 1. The Kier molecular flexibility index (Phi) is 4.53. The molecule has 2 N–H and O–H groups in total. The lowest BCUT2D eigenvalue weighted by molar-refractivity contribution is -0.231. The molecule has 2 heterocycles. The average molecular weight is 447 g/mol. The van der Waals surface area contributed by atoms with Crippen molar-refractivity contribution in [2.75, 3.05) is 0 Å². The summed E-state index contributed by atoms with van der Waals surface area (Å²) in [5, 5.41) is 21.9. The van der Waals surface area contributed by atoms with E-state index in [1.54, 1.807) is 0 Å². The molecule has 0 bridgehead atoms. The highest BCUT2D eigenvalue weighted by atomic mass is 16.7. The normalized spacial score (nSPS) is 60.7. The molecule has 1 spiro atoms. The molecule has 0 amide bonds. The van der Waals surface area contributed by atoms with E-state index in [1.165, 1.54) is 0 Å². The molecule has 0 radical (unpaired) electrons. The Hall–Kier alpha value is -0.490. The van der Waals surface area contributed by atoms with Crippen molar-refractivity contribution in [3.63, 3.8) is 0 Å². The summed E-state index contributed by atoms with van der Waals surface area (Å²) in [6.45, 7) is 10.9. The van der Waals surface area contributed by atoms with Crippen molar-refractivity contribution in [1.29, 1.82) is 0 Å². The van der Waals surface area contributed by atoms with Crippen LogP contribution in [-0.4, -0.2) is 45.7 Å². The van der Waals surface area contributed by atoms with Gasteiger partial charge in [0.15, 0.2) is 5.78 Å². The first kappa shape index (κ1) is 22.0. The Labute approximate surface area is 192 Å². The maximum atomic E-state index is 13.9. The van der Waals surface area contributed by atoms with Crippen molar-refractivity contribution in [1.82, 2.24) is 0 Å². The maximum Gasteiger partial charge on any atom is 0.230 e. The van der Waals surface area contributed by atoms with Gasteiger partial charge in [-0.1, -0.05) is 20.8 Å². The van der Waals surface area contributed by atoms with Crippen LogP contribution in [0.15, 0.2) is 0 Å². The molecular formula is C27H42O5. The van der Waals surface area contributed by atoms with Gasteiger partial charge in [-0.15, -0.1) is 0 Å². The van der Waals surface area contributed by atoms with Crippen LogP contribution in [0.25, 0.3) is 0 Å². The Balaban J connectivity index is 1.31. The van der Waals surface area contributed by atoms with E-state index in [0.717, 1.165) is 38.5 Å². The predicted molar refractivity (Wildman–Crippen MR) is 120 cm³/mol. The van der Waals surface area contributed by atoms with Crippen LogP contribution in [0.3, 0.4) is 0 Å². The molecule has 0 aromatic rings. The molecule has 2 saturated heterocycles. The number of hydrogen-bond acceptors (Lipinski definition) is 5. The van der Waals surface area contributed by atoms with Crippen molar-refractivity contribution in [3.8, 4) is 0 Å². The number of hydrogen-bond donors (Lipinski definition) is 2. The van der Waals surface area contributed by atoms with E-state index in [-0.39, 0.29) is 58.3 Å². The van der Waals surface area contributed by atoms with E-state index >= 15 is 0 Å². The molecule has 12 atom stereocenters. The second-order valence-electron chi connectivity index (χ2n) is 13.6. The topological polar surface area (TPSA) is 76.0 Å². The molecule has 0 aromatic carbocycles. The highest BCUT2D eigenvalue weighted by Gasteiger charge is 2.73. The minimum Gasteiger partial charge on any atom is -0.393 e. The van der Waals surface area contributed by atoms with Gasteiger partial charge in [-0.2, -0.15) is 0 Å². The van der Waals surface area contributed by atoms with Gasteiger partial charge in [0.05, 0.1) is 29.8 Å². The van der Waals surface area contributed by atoms with Crippen LogP contribution in [0.2, 0.25) is 0 Å². The Bertz CT molecular complexity index is 825. The van der Waals surface area contributed by atoms with Crippen molar-refractivity contribution >= 4 is 5.78 Å². The Morgan fingerprint density at radius 3 is 2.41 bits per heavy atom.